The predicted molar refractivity (Wildman–Crippen MR) is 148 cm³/mol. The first-order chi connectivity index (χ1) is 18.8. The molecule has 0 saturated carbocycles. The minimum absolute atomic E-state index is 0.0755. The Morgan fingerprint density at radius 1 is 0.795 bits per heavy atom. The summed E-state index contributed by atoms with van der Waals surface area (Å²) in [4.78, 5) is 29.5. The second-order valence-electron chi connectivity index (χ2n) is 9.59. The Kier molecular flexibility index (Phi) is 6.95. The van der Waals surface area contributed by atoms with Crippen molar-refractivity contribution >= 4 is 16.9 Å². The lowest BCUT2D eigenvalue weighted by molar-refractivity contribution is 0.0730. The number of nitrogens with zero attached hydrogens (tertiary/aromatic N) is 1. The van der Waals surface area contributed by atoms with Gasteiger partial charge in [0.2, 0.25) is 5.76 Å². The largest absolute Gasteiger partial charge is 0.493 e. The van der Waals surface area contributed by atoms with Gasteiger partial charge in [-0.1, -0.05) is 18.2 Å². The standard InChI is InChI=1S/C31H31NO7/c1-17-13-18(2)29-21(14-17)28(33)26-27(20-8-10-23(36-4)25(16-20)38-6)32(31(34)30(26)39-29)12-11-19-7-9-22(35-3)24(15-19)37-5/h7-10,13-16,27H,11-12H2,1-6H3. The number of benzene rings is 3. The molecule has 2 heterocycles. The molecule has 0 fully saturated rings. The second kappa shape index (κ2) is 10.4. The summed E-state index contributed by atoms with van der Waals surface area (Å²) in [5, 5.41) is 0.464. The molecule has 1 aromatic heterocycles. The summed E-state index contributed by atoms with van der Waals surface area (Å²) >= 11 is 0. The molecule has 0 N–H and O–H groups in total. The Balaban J connectivity index is 1.64. The van der Waals surface area contributed by atoms with Crippen molar-refractivity contribution in [3.05, 3.63) is 92.3 Å². The molecule has 8 heteroatoms. The van der Waals surface area contributed by atoms with Gasteiger partial charge in [0.05, 0.1) is 45.4 Å². The first-order valence-electron chi connectivity index (χ1n) is 12.6. The summed E-state index contributed by atoms with van der Waals surface area (Å²) in [6.45, 7) is 4.15. The van der Waals surface area contributed by atoms with Crippen LogP contribution < -0.4 is 24.4 Å². The van der Waals surface area contributed by atoms with Crippen LogP contribution in [0.3, 0.4) is 0 Å². The molecule has 4 aromatic rings. The fourth-order valence-electron chi connectivity index (χ4n) is 5.36. The summed E-state index contributed by atoms with van der Waals surface area (Å²) in [5.74, 6) is 2.04. The zero-order valence-corrected chi connectivity index (χ0v) is 22.9. The lowest BCUT2D eigenvalue weighted by Crippen LogP contribution is -2.31. The van der Waals surface area contributed by atoms with E-state index in [2.05, 4.69) is 0 Å². The average Bonchev–Trinajstić information content (AvgIpc) is 3.23. The van der Waals surface area contributed by atoms with Crippen LogP contribution in [0.15, 0.2) is 57.7 Å². The van der Waals surface area contributed by atoms with Crippen LogP contribution in [0.1, 0.15) is 44.4 Å². The average molecular weight is 530 g/mol. The van der Waals surface area contributed by atoms with Gasteiger partial charge in [0.1, 0.15) is 5.58 Å². The molecule has 5 rings (SSSR count). The SMILES string of the molecule is COc1ccc(CCN2C(=O)c3oc4c(C)cc(C)cc4c(=O)c3C2c2ccc(OC)c(OC)c2)cc1OC. The maximum absolute atomic E-state index is 14.0. The number of ether oxygens (including phenoxy) is 4. The van der Waals surface area contributed by atoms with Crippen molar-refractivity contribution in [1.82, 2.24) is 4.90 Å². The number of methoxy groups -OCH3 is 4. The van der Waals surface area contributed by atoms with Crippen LogP contribution in [0.2, 0.25) is 0 Å². The van der Waals surface area contributed by atoms with Crippen LogP contribution in [-0.4, -0.2) is 45.8 Å². The molecule has 1 aliphatic rings. The van der Waals surface area contributed by atoms with Gasteiger partial charge in [0.15, 0.2) is 28.4 Å². The Morgan fingerprint density at radius 3 is 2.10 bits per heavy atom. The molecule has 0 spiro atoms. The fourth-order valence-corrected chi connectivity index (χ4v) is 5.36. The molecule has 39 heavy (non-hydrogen) atoms. The lowest BCUT2D eigenvalue weighted by Gasteiger charge is -2.26. The second-order valence-corrected chi connectivity index (χ2v) is 9.59. The Hall–Kier alpha value is -4.46. The molecule has 1 unspecified atom stereocenters. The zero-order valence-electron chi connectivity index (χ0n) is 22.9. The van der Waals surface area contributed by atoms with E-state index in [4.69, 9.17) is 23.4 Å². The molecule has 1 amide bonds. The number of amides is 1. The van der Waals surface area contributed by atoms with Gasteiger partial charge in [-0.2, -0.15) is 0 Å². The Bertz CT molecular complexity index is 1640. The summed E-state index contributed by atoms with van der Waals surface area (Å²) in [5.41, 5.74) is 4.00. The number of rotatable bonds is 8. The maximum Gasteiger partial charge on any atom is 0.290 e. The minimum atomic E-state index is -0.658. The number of fused-ring (bicyclic) bond motifs is 2. The van der Waals surface area contributed by atoms with Crippen LogP contribution in [0.5, 0.6) is 23.0 Å². The van der Waals surface area contributed by atoms with Crippen LogP contribution in [0.25, 0.3) is 11.0 Å². The van der Waals surface area contributed by atoms with E-state index in [1.165, 1.54) is 0 Å². The molecular formula is C31H31NO7. The third-order valence-corrected chi connectivity index (χ3v) is 7.21. The highest BCUT2D eigenvalue weighted by Crippen LogP contribution is 2.41. The first kappa shape index (κ1) is 26.2. The van der Waals surface area contributed by atoms with Crippen molar-refractivity contribution in [1.29, 1.82) is 0 Å². The van der Waals surface area contributed by atoms with Gasteiger partial charge in [0.25, 0.3) is 5.91 Å². The van der Waals surface area contributed by atoms with E-state index in [9.17, 15) is 9.59 Å². The minimum Gasteiger partial charge on any atom is -0.493 e. The highest BCUT2D eigenvalue weighted by molar-refractivity contribution is 5.99. The van der Waals surface area contributed by atoms with Gasteiger partial charge in [0, 0.05) is 6.54 Å². The number of carbonyl (C=O) groups is 1. The smallest absolute Gasteiger partial charge is 0.290 e. The molecule has 0 radical (unpaired) electrons. The molecule has 0 saturated heterocycles. The monoisotopic (exact) mass is 529 g/mol. The predicted octanol–water partition coefficient (Wildman–Crippen LogP) is 5.23. The highest BCUT2D eigenvalue weighted by Gasteiger charge is 2.43. The normalized spacial score (nSPS) is 14.5. The van der Waals surface area contributed by atoms with E-state index in [-0.39, 0.29) is 17.1 Å². The van der Waals surface area contributed by atoms with Gasteiger partial charge in [-0.25, -0.2) is 0 Å². The summed E-state index contributed by atoms with van der Waals surface area (Å²) < 4.78 is 28.0. The lowest BCUT2D eigenvalue weighted by atomic mass is 9.97. The van der Waals surface area contributed by atoms with Gasteiger partial charge < -0.3 is 28.3 Å². The van der Waals surface area contributed by atoms with Crippen molar-refractivity contribution in [2.24, 2.45) is 0 Å². The van der Waals surface area contributed by atoms with Crippen molar-refractivity contribution in [3.8, 4) is 23.0 Å². The van der Waals surface area contributed by atoms with Gasteiger partial charge in [-0.15, -0.1) is 0 Å². The third-order valence-electron chi connectivity index (χ3n) is 7.21. The Morgan fingerprint density at radius 2 is 1.44 bits per heavy atom. The van der Waals surface area contributed by atoms with Crippen LogP contribution in [0.4, 0.5) is 0 Å². The van der Waals surface area contributed by atoms with E-state index < -0.39 is 6.04 Å². The summed E-state index contributed by atoms with van der Waals surface area (Å²) in [6, 6.07) is 14.2. The van der Waals surface area contributed by atoms with Crippen molar-refractivity contribution in [3.63, 3.8) is 0 Å². The molecule has 8 nitrogen and oxygen atoms in total. The molecule has 0 bridgehead atoms. The van der Waals surface area contributed by atoms with Gasteiger partial charge >= 0.3 is 0 Å². The topological polar surface area (TPSA) is 87.4 Å². The fraction of sp³-hybridized carbons (Fsp3) is 0.290. The number of hydrogen-bond donors (Lipinski definition) is 0. The van der Waals surface area contributed by atoms with Gasteiger partial charge in [-0.3, -0.25) is 9.59 Å². The molecule has 1 atom stereocenters. The van der Waals surface area contributed by atoms with Gasteiger partial charge in [-0.05, 0) is 72.9 Å². The molecule has 1 aliphatic heterocycles. The molecule has 202 valence electrons. The third kappa shape index (κ3) is 4.46. The first-order valence-corrected chi connectivity index (χ1v) is 12.6. The van der Waals surface area contributed by atoms with Crippen LogP contribution in [0, 0.1) is 13.8 Å². The molecular weight excluding hydrogens is 498 g/mol. The molecule has 3 aromatic carbocycles. The van der Waals surface area contributed by atoms with Crippen molar-refractivity contribution < 1.29 is 28.2 Å². The summed E-state index contributed by atoms with van der Waals surface area (Å²) in [7, 11) is 6.29. The highest BCUT2D eigenvalue weighted by atomic mass is 16.5. The van der Waals surface area contributed by atoms with Crippen LogP contribution in [-0.2, 0) is 6.42 Å². The van der Waals surface area contributed by atoms with E-state index in [1.807, 2.05) is 50.2 Å². The summed E-state index contributed by atoms with van der Waals surface area (Å²) in [6.07, 6.45) is 0.524. The Labute approximate surface area is 226 Å². The van der Waals surface area contributed by atoms with Crippen molar-refractivity contribution in [2.75, 3.05) is 35.0 Å². The number of carbonyl (C=O) groups excluding carboxylic acids is 1. The van der Waals surface area contributed by atoms with Crippen molar-refractivity contribution in [2.45, 2.75) is 26.3 Å². The van der Waals surface area contributed by atoms with Crippen LogP contribution >= 0.6 is 0 Å². The molecule has 0 aliphatic carbocycles. The van der Waals surface area contributed by atoms with E-state index in [0.29, 0.717) is 52.5 Å². The quantitative estimate of drug-likeness (QED) is 0.309. The number of hydrogen-bond acceptors (Lipinski definition) is 7. The number of aryl methyl sites for hydroxylation is 2. The van der Waals surface area contributed by atoms with E-state index >= 15 is 0 Å². The van der Waals surface area contributed by atoms with E-state index in [1.54, 1.807) is 45.5 Å². The zero-order chi connectivity index (χ0) is 27.8. The van der Waals surface area contributed by atoms with E-state index in [0.717, 1.165) is 22.3 Å². The maximum atomic E-state index is 14.0.